The molecule has 0 amide bonds. The van der Waals surface area contributed by atoms with Crippen LogP contribution < -0.4 is 0 Å². The van der Waals surface area contributed by atoms with E-state index in [2.05, 4.69) is 53.9 Å². The fourth-order valence-corrected chi connectivity index (χ4v) is 3.54. The molecule has 0 heterocycles. The molecule has 0 radical (unpaired) electrons. The zero-order chi connectivity index (χ0) is 16.7. The highest BCUT2D eigenvalue weighted by Gasteiger charge is 2.61. The molecule has 0 aliphatic heterocycles. The zero-order valence-corrected chi connectivity index (χ0v) is 14.5. The van der Waals surface area contributed by atoms with E-state index in [1.165, 1.54) is 5.57 Å². The molecule has 0 bridgehead atoms. The lowest BCUT2D eigenvalue weighted by molar-refractivity contribution is -0.142. The molecule has 0 aromatic heterocycles. The number of carbonyl (C=O) groups excluding carboxylic acids is 1. The lowest BCUT2D eigenvalue weighted by atomic mass is 9.89. The first-order valence-electron chi connectivity index (χ1n) is 8.07. The molecule has 2 rings (SSSR count). The van der Waals surface area contributed by atoms with E-state index in [-0.39, 0.29) is 35.1 Å². The van der Waals surface area contributed by atoms with Crippen LogP contribution in [0.15, 0.2) is 48.3 Å². The Kier molecular flexibility index (Phi) is 4.51. The molecule has 0 unspecified atom stereocenters. The van der Waals surface area contributed by atoms with Gasteiger partial charge in [-0.15, -0.1) is 6.58 Å². The van der Waals surface area contributed by atoms with Crippen LogP contribution in [0.25, 0.3) is 0 Å². The Morgan fingerprint density at radius 3 is 2.64 bits per heavy atom. The second kappa shape index (κ2) is 5.91. The summed E-state index contributed by atoms with van der Waals surface area (Å²) in [5.41, 5.74) is 2.34. The Morgan fingerprint density at radius 2 is 2.09 bits per heavy atom. The summed E-state index contributed by atoms with van der Waals surface area (Å²) in [7, 11) is 0. The minimum atomic E-state index is -0.102. The topological polar surface area (TPSA) is 26.3 Å². The molecule has 1 saturated carbocycles. The smallest absolute Gasteiger partial charge is 0.315 e. The number of rotatable bonds is 5. The van der Waals surface area contributed by atoms with Gasteiger partial charge in [0.05, 0.1) is 5.92 Å². The van der Waals surface area contributed by atoms with Gasteiger partial charge in [-0.25, -0.2) is 0 Å². The highest BCUT2D eigenvalue weighted by Crippen LogP contribution is 2.60. The van der Waals surface area contributed by atoms with Crippen LogP contribution in [0.2, 0.25) is 0 Å². The van der Waals surface area contributed by atoms with Crippen molar-refractivity contribution in [2.75, 3.05) is 0 Å². The van der Waals surface area contributed by atoms with E-state index in [0.717, 1.165) is 17.8 Å². The molecule has 4 atom stereocenters. The van der Waals surface area contributed by atoms with Gasteiger partial charge < -0.3 is 4.74 Å². The van der Waals surface area contributed by atoms with Crippen molar-refractivity contribution in [2.45, 2.75) is 41.0 Å². The van der Waals surface area contributed by atoms with E-state index in [0.29, 0.717) is 0 Å². The monoisotopic (exact) mass is 300 g/mol. The first-order valence-corrected chi connectivity index (χ1v) is 8.07. The summed E-state index contributed by atoms with van der Waals surface area (Å²) in [5, 5.41) is 0. The van der Waals surface area contributed by atoms with Gasteiger partial charge in [0.25, 0.3) is 0 Å². The summed E-state index contributed by atoms with van der Waals surface area (Å²) in [6.45, 7) is 18.5. The predicted molar refractivity (Wildman–Crippen MR) is 91.0 cm³/mol. The third kappa shape index (κ3) is 2.97. The molecule has 22 heavy (non-hydrogen) atoms. The maximum absolute atomic E-state index is 12.6. The van der Waals surface area contributed by atoms with Gasteiger partial charge in [-0.05, 0) is 43.6 Å². The molecule has 120 valence electrons. The van der Waals surface area contributed by atoms with Crippen LogP contribution in [0.3, 0.4) is 0 Å². The van der Waals surface area contributed by atoms with Crippen molar-refractivity contribution < 1.29 is 9.53 Å². The quantitative estimate of drug-likeness (QED) is 0.524. The van der Waals surface area contributed by atoms with Crippen molar-refractivity contribution >= 4 is 5.97 Å². The van der Waals surface area contributed by atoms with Gasteiger partial charge in [0, 0.05) is 5.92 Å². The second-order valence-electron chi connectivity index (χ2n) is 7.53. The highest BCUT2D eigenvalue weighted by molar-refractivity contribution is 5.79. The number of esters is 1. The van der Waals surface area contributed by atoms with Crippen LogP contribution in [0.5, 0.6) is 0 Å². The van der Waals surface area contributed by atoms with Gasteiger partial charge in [0.15, 0.2) is 0 Å². The van der Waals surface area contributed by atoms with E-state index >= 15 is 0 Å². The van der Waals surface area contributed by atoms with E-state index < -0.39 is 0 Å². The SMILES string of the molecule is C=C[C@@H](C)[C@@H]1C(=C)CC=C1OC(=O)[C@@H]1[C@@H](C=C(C)C)C1(C)C. The molecule has 2 aliphatic carbocycles. The van der Waals surface area contributed by atoms with Crippen LogP contribution in [-0.2, 0) is 9.53 Å². The van der Waals surface area contributed by atoms with Gasteiger partial charge in [0.1, 0.15) is 5.76 Å². The van der Waals surface area contributed by atoms with Crippen LogP contribution in [-0.4, -0.2) is 5.97 Å². The maximum Gasteiger partial charge on any atom is 0.315 e. The van der Waals surface area contributed by atoms with Crippen LogP contribution in [0.1, 0.15) is 41.0 Å². The van der Waals surface area contributed by atoms with Crippen LogP contribution in [0, 0.1) is 29.1 Å². The standard InChI is InChI=1S/C20H28O2/c1-8-13(4)17-14(5)9-10-16(17)22-19(21)18-15(11-12(2)3)20(18,6)7/h8,10-11,13,15,17-18H,1,5,9H2,2-4,6-7H3/t13-,15-,17-,18+/m1/s1. The van der Waals surface area contributed by atoms with Crippen molar-refractivity contribution in [3.05, 3.63) is 48.3 Å². The summed E-state index contributed by atoms with van der Waals surface area (Å²) in [6.07, 6.45) is 6.88. The fraction of sp³-hybridized carbons (Fsp3) is 0.550. The van der Waals surface area contributed by atoms with Crippen LogP contribution >= 0.6 is 0 Å². The van der Waals surface area contributed by atoms with Crippen LogP contribution in [0.4, 0.5) is 0 Å². The fourth-order valence-electron chi connectivity index (χ4n) is 3.54. The molecule has 2 heteroatoms. The van der Waals surface area contributed by atoms with Crippen molar-refractivity contribution in [1.82, 2.24) is 0 Å². The molecule has 0 aromatic rings. The molecular weight excluding hydrogens is 272 g/mol. The first-order chi connectivity index (χ1) is 10.2. The number of carbonyl (C=O) groups is 1. The van der Waals surface area contributed by atoms with Crippen molar-refractivity contribution in [2.24, 2.45) is 29.1 Å². The Hall–Kier alpha value is -1.57. The molecule has 0 spiro atoms. The largest absolute Gasteiger partial charge is 0.430 e. The third-order valence-corrected chi connectivity index (χ3v) is 5.11. The van der Waals surface area contributed by atoms with Gasteiger partial charge >= 0.3 is 5.97 Å². The summed E-state index contributed by atoms with van der Waals surface area (Å²) in [4.78, 5) is 12.6. The maximum atomic E-state index is 12.6. The number of hydrogen-bond donors (Lipinski definition) is 0. The molecule has 0 saturated heterocycles. The lowest BCUT2D eigenvalue weighted by Crippen LogP contribution is -2.17. The zero-order valence-electron chi connectivity index (χ0n) is 14.5. The number of hydrogen-bond acceptors (Lipinski definition) is 2. The molecule has 0 aromatic carbocycles. The van der Waals surface area contributed by atoms with Gasteiger partial charge in [0.2, 0.25) is 0 Å². The Balaban J connectivity index is 2.08. The normalized spacial score (nSPS) is 30.3. The number of ether oxygens (including phenoxy) is 1. The average molecular weight is 300 g/mol. The highest BCUT2D eigenvalue weighted by atomic mass is 16.5. The van der Waals surface area contributed by atoms with E-state index in [1.54, 1.807) is 0 Å². The average Bonchev–Trinajstić information content (AvgIpc) is 2.76. The molecule has 0 N–H and O–H groups in total. The van der Waals surface area contributed by atoms with Crippen molar-refractivity contribution in [3.63, 3.8) is 0 Å². The minimum absolute atomic E-state index is 0.00985. The van der Waals surface area contributed by atoms with Gasteiger partial charge in [-0.1, -0.05) is 50.6 Å². The third-order valence-electron chi connectivity index (χ3n) is 5.11. The van der Waals surface area contributed by atoms with Gasteiger partial charge in [-0.3, -0.25) is 4.79 Å². The van der Waals surface area contributed by atoms with Gasteiger partial charge in [-0.2, -0.15) is 0 Å². The van der Waals surface area contributed by atoms with Crippen molar-refractivity contribution in [1.29, 1.82) is 0 Å². The summed E-state index contributed by atoms with van der Waals surface area (Å²) >= 11 is 0. The Bertz CT molecular complexity index is 558. The van der Waals surface area contributed by atoms with E-state index in [1.807, 2.05) is 12.2 Å². The second-order valence-corrected chi connectivity index (χ2v) is 7.53. The summed E-state index contributed by atoms with van der Waals surface area (Å²) in [5.74, 6) is 1.22. The molecule has 2 aliphatic rings. The van der Waals surface area contributed by atoms with E-state index in [9.17, 15) is 4.79 Å². The molecule has 1 fully saturated rings. The summed E-state index contributed by atoms with van der Waals surface area (Å²) in [6, 6.07) is 0. The first kappa shape index (κ1) is 16.8. The molecular formula is C20H28O2. The Labute approximate surface area is 134 Å². The number of allylic oxidation sites excluding steroid dienone is 5. The van der Waals surface area contributed by atoms with E-state index in [4.69, 9.17) is 4.74 Å². The predicted octanol–water partition coefficient (Wildman–Crippen LogP) is 5.05. The Morgan fingerprint density at radius 1 is 1.45 bits per heavy atom. The summed E-state index contributed by atoms with van der Waals surface area (Å²) < 4.78 is 5.77. The minimum Gasteiger partial charge on any atom is -0.430 e. The lowest BCUT2D eigenvalue weighted by Gasteiger charge is -2.20. The van der Waals surface area contributed by atoms with Crippen molar-refractivity contribution in [3.8, 4) is 0 Å². The molecule has 2 nitrogen and oxygen atoms in total.